The zero-order valence-electron chi connectivity index (χ0n) is 12.0. The predicted octanol–water partition coefficient (Wildman–Crippen LogP) is 3.01. The van der Waals surface area contributed by atoms with Crippen molar-refractivity contribution in [2.24, 2.45) is 0 Å². The molecule has 2 rings (SSSR count). The van der Waals surface area contributed by atoms with Gasteiger partial charge in [-0.3, -0.25) is 14.5 Å². The summed E-state index contributed by atoms with van der Waals surface area (Å²) in [4.78, 5) is 25.4. The summed E-state index contributed by atoms with van der Waals surface area (Å²) in [7, 11) is 1.32. The van der Waals surface area contributed by atoms with Crippen LogP contribution in [0.3, 0.4) is 0 Å². The van der Waals surface area contributed by atoms with Gasteiger partial charge < -0.3 is 4.74 Å². The molecule has 0 N–H and O–H groups in total. The predicted molar refractivity (Wildman–Crippen MR) is 92.1 cm³/mol. The Morgan fingerprint density at radius 1 is 1.36 bits per heavy atom. The third-order valence-electron chi connectivity index (χ3n) is 2.98. The van der Waals surface area contributed by atoms with Crippen LogP contribution >= 0.6 is 24.0 Å². The van der Waals surface area contributed by atoms with E-state index in [1.807, 2.05) is 42.5 Å². The maximum absolute atomic E-state index is 12.2. The van der Waals surface area contributed by atoms with Gasteiger partial charge in [-0.2, -0.15) is 0 Å². The Labute approximate surface area is 138 Å². The normalized spacial score (nSPS) is 16.8. The molecule has 22 heavy (non-hydrogen) atoms. The van der Waals surface area contributed by atoms with Crippen molar-refractivity contribution >= 4 is 46.3 Å². The Hall–Kier alpha value is -1.92. The van der Waals surface area contributed by atoms with Gasteiger partial charge in [-0.05, 0) is 11.6 Å². The lowest BCUT2D eigenvalue weighted by atomic mass is 10.2. The van der Waals surface area contributed by atoms with E-state index in [1.54, 1.807) is 6.08 Å². The largest absolute Gasteiger partial charge is 0.469 e. The van der Waals surface area contributed by atoms with E-state index < -0.39 is 0 Å². The Morgan fingerprint density at radius 2 is 2.09 bits per heavy atom. The number of hydrogen-bond donors (Lipinski definition) is 0. The van der Waals surface area contributed by atoms with Gasteiger partial charge >= 0.3 is 5.97 Å². The Bertz CT molecular complexity index is 638. The Kier molecular flexibility index (Phi) is 5.91. The van der Waals surface area contributed by atoms with Crippen molar-refractivity contribution in [1.82, 2.24) is 4.90 Å². The van der Waals surface area contributed by atoms with E-state index in [0.717, 1.165) is 5.56 Å². The van der Waals surface area contributed by atoms with Gasteiger partial charge in [0, 0.05) is 6.54 Å². The molecule has 1 aliphatic heterocycles. The minimum absolute atomic E-state index is 0.135. The standard InChI is InChI=1S/C16H15NO3S2/c1-20-14(18)10-11-17-15(19)13(22-16(17)21)9-5-8-12-6-3-2-4-7-12/h2-9H,10-11H2,1H3/b8-5+,13-9-. The van der Waals surface area contributed by atoms with Gasteiger partial charge in [0.2, 0.25) is 0 Å². The molecule has 0 aliphatic carbocycles. The number of esters is 1. The highest BCUT2D eigenvalue weighted by atomic mass is 32.2. The third-order valence-corrected chi connectivity index (χ3v) is 4.37. The van der Waals surface area contributed by atoms with Crippen LogP contribution in [0.4, 0.5) is 0 Å². The summed E-state index contributed by atoms with van der Waals surface area (Å²) in [6.07, 6.45) is 5.61. The molecule has 1 aromatic rings. The van der Waals surface area contributed by atoms with Crippen LogP contribution in [0.25, 0.3) is 6.08 Å². The SMILES string of the molecule is COC(=O)CCN1C(=O)/C(=C/C=C/c2ccccc2)SC1=S. The van der Waals surface area contributed by atoms with Crippen LogP contribution in [0.2, 0.25) is 0 Å². The van der Waals surface area contributed by atoms with Crippen LogP contribution in [0.5, 0.6) is 0 Å². The third kappa shape index (κ3) is 4.29. The maximum atomic E-state index is 12.2. The first-order valence-corrected chi connectivity index (χ1v) is 7.88. The van der Waals surface area contributed by atoms with Crippen LogP contribution in [0, 0.1) is 0 Å². The summed E-state index contributed by atoms with van der Waals surface area (Å²) < 4.78 is 5.03. The molecule has 0 spiro atoms. The van der Waals surface area contributed by atoms with Crippen LogP contribution in [-0.2, 0) is 14.3 Å². The van der Waals surface area contributed by atoms with Crippen LogP contribution in [0.15, 0.2) is 47.4 Å². The first-order valence-electron chi connectivity index (χ1n) is 6.65. The fourth-order valence-electron chi connectivity index (χ4n) is 1.82. The second-order valence-electron chi connectivity index (χ2n) is 4.45. The highest BCUT2D eigenvalue weighted by Crippen LogP contribution is 2.31. The lowest BCUT2D eigenvalue weighted by Crippen LogP contribution is -2.30. The first-order chi connectivity index (χ1) is 10.6. The van der Waals surface area contributed by atoms with Gasteiger partial charge in [0.1, 0.15) is 4.32 Å². The number of methoxy groups -OCH3 is 1. The second kappa shape index (κ2) is 7.91. The number of hydrogen-bond acceptors (Lipinski definition) is 5. The number of benzene rings is 1. The zero-order valence-corrected chi connectivity index (χ0v) is 13.7. The molecule has 0 radical (unpaired) electrons. The van der Waals surface area contributed by atoms with E-state index in [-0.39, 0.29) is 24.8 Å². The maximum Gasteiger partial charge on any atom is 0.307 e. The van der Waals surface area contributed by atoms with Crippen LogP contribution in [-0.4, -0.2) is 34.8 Å². The van der Waals surface area contributed by atoms with E-state index in [4.69, 9.17) is 12.2 Å². The molecule has 0 atom stereocenters. The molecule has 6 heteroatoms. The molecule has 0 saturated carbocycles. The summed E-state index contributed by atoms with van der Waals surface area (Å²) >= 11 is 6.42. The van der Waals surface area contributed by atoms with E-state index in [2.05, 4.69) is 4.74 Å². The average molecular weight is 333 g/mol. The van der Waals surface area contributed by atoms with E-state index in [1.165, 1.54) is 23.8 Å². The number of carbonyl (C=O) groups is 2. The summed E-state index contributed by atoms with van der Waals surface area (Å²) in [6.45, 7) is 0.247. The highest BCUT2D eigenvalue weighted by molar-refractivity contribution is 8.26. The highest BCUT2D eigenvalue weighted by Gasteiger charge is 2.31. The molecular formula is C16H15NO3S2. The number of ether oxygens (including phenoxy) is 1. The molecule has 1 heterocycles. The van der Waals surface area contributed by atoms with Crippen molar-refractivity contribution in [3.05, 3.63) is 53.0 Å². The van der Waals surface area contributed by atoms with E-state index >= 15 is 0 Å². The zero-order chi connectivity index (χ0) is 15.9. The van der Waals surface area contributed by atoms with E-state index in [0.29, 0.717) is 9.23 Å². The minimum atomic E-state index is -0.359. The number of nitrogens with zero attached hydrogens (tertiary/aromatic N) is 1. The van der Waals surface area contributed by atoms with Crippen LogP contribution in [0.1, 0.15) is 12.0 Å². The lowest BCUT2D eigenvalue weighted by Gasteiger charge is -2.12. The number of allylic oxidation sites excluding steroid dienone is 2. The topological polar surface area (TPSA) is 46.6 Å². The molecule has 1 aromatic carbocycles. The molecule has 1 saturated heterocycles. The Morgan fingerprint density at radius 3 is 2.77 bits per heavy atom. The molecule has 0 unspecified atom stereocenters. The van der Waals surface area contributed by atoms with Gasteiger partial charge in [-0.25, -0.2) is 0 Å². The summed E-state index contributed by atoms with van der Waals surface area (Å²) in [6, 6.07) is 9.81. The lowest BCUT2D eigenvalue weighted by molar-refractivity contribution is -0.140. The quantitative estimate of drug-likeness (QED) is 0.471. The van der Waals surface area contributed by atoms with Crippen molar-refractivity contribution in [2.45, 2.75) is 6.42 Å². The number of thioether (sulfide) groups is 1. The summed E-state index contributed by atoms with van der Waals surface area (Å²) in [5.74, 6) is -0.529. The summed E-state index contributed by atoms with van der Waals surface area (Å²) in [5.41, 5.74) is 1.06. The molecule has 0 aromatic heterocycles. The molecule has 4 nitrogen and oxygen atoms in total. The average Bonchev–Trinajstić information content (AvgIpc) is 2.80. The fraction of sp³-hybridized carbons (Fsp3) is 0.188. The first kappa shape index (κ1) is 16.5. The molecule has 1 aliphatic rings. The number of carbonyl (C=O) groups excluding carboxylic acids is 2. The molecule has 0 bridgehead atoms. The molecular weight excluding hydrogens is 318 g/mol. The van der Waals surface area contributed by atoms with Crippen molar-refractivity contribution in [2.75, 3.05) is 13.7 Å². The van der Waals surface area contributed by atoms with Crippen molar-refractivity contribution in [1.29, 1.82) is 0 Å². The second-order valence-corrected chi connectivity index (χ2v) is 6.13. The molecule has 114 valence electrons. The van der Waals surface area contributed by atoms with Gasteiger partial charge in [-0.15, -0.1) is 0 Å². The minimum Gasteiger partial charge on any atom is -0.469 e. The smallest absolute Gasteiger partial charge is 0.307 e. The van der Waals surface area contributed by atoms with Gasteiger partial charge in [0.25, 0.3) is 5.91 Å². The van der Waals surface area contributed by atoms with Crippen molar-refractivity contribution in [3.8, 4) is 0 Å². The van der Waals surface area contributed by atoms with Crippen molar-refractivity contribution in [3.63, 3.8) is 0 Å². The molecule has 1 fully saturated rings. The number of thiocarbonyl (C=S) groups is 1. The number of rotatable bonds is 5. The summed E-state index contributed by atoms with van der Waals surface area (Å²) in [5, 5.41) is 0. The Balaban J connectivity index is 2.00. The monoisotopic (exact) mass is 333 g/mol. The number of amides is 1. The van der Waals surface area contributed by atoms with E-state index in [9.17, 15) is 9.59 Å². The van der Waals surface area contributed by atoms with Gasteiger partial charge in [0.15, 0.2) is 0 Å². The fourth-order valence-corrected chi connectivity index (χ4v) is 3.08. The van der Waals surface area contributed by atoms with Gasteiger partial charge in [-0.1, -0.05) is 66.5 Å². The van der Waals surface area contributed by atoms with Crippen molar-refractivity contribution < 1.29 is 14.3 Å². The van der Waals surface area contributed by atoms with Gasteiger partial charge in [0.05, 0.1) is 18.4 Å². The molecule has 1 amide bonds. The van der Waals surface area contributed by atoms with Crippen LogP contribution < -0.4 is 0 Å².